The Bertz CT molecular complexity index is 502. The predicted octanol–water partition coefficient (Wildman–Crippen LogP) is 2.59. The number of hydrogen-bond donors (Lipinski definition) is 2. The first-order valence-electron chi connectivity index (χ1n) is 7.51. The topological polar surface area (TPSA) is 58.4 Å². The number of nitrogens with zero attached hydrogens (tertiary/aromatic N) is 1. The van der Waals surface area contributed by atoms with E-state index in [4.69, 9.17) is 5.73 Å². The normalized spacial score (nSPS) is 29.1. The second-order valence-electron chi connectivity index (χ2n) is 6.22. The van der Waals surface area contributed by atoms with Crippen molar-refractivity contribution in [3.63, 3.8) is 0 Å². The zero-order valence-electron chi connectivity index (χ0n) is 12.0. The molecule has 3 rings (SSSR count). The van der Waals surface area contributed by atoms with E-state index < -0.39 is 0 Å². The molecule has 1 aromatic rings. The fraction of sp³-hybridized carbons (Fsp3) is 0.562. The van der Waals surface area contributed by atoms with Gasteiger partial charge in [-0.1, -0.05) is 18.6 Å². The van der Waals surface area contributed by atoms with Crippen molar-refractivity contribution < 1.29 is 4.79 Å². The van der Waals surface area contributed by atoms with Gasteiger partial charge in [-0.2, -0.15) is 0 Å². The highest BCUT2D eigenvalue weighted by atomic mass is 16.2. The summed E-state index contributed by atoms with van der Waals surface area (Å²) in [4.78, 5) is 14.3. The van der Waals surface area contributed by atoms with E-state index in [9.17, 15) is 4.79 Å². The Balaban J connectivity index is 1.64. The molecule has 1 heterocycles. The van der Waals surface area contributed by atoms with Crippen LogP contribution in [-0.4, -0.2) is 30.1 Å². The standard InChI is InChI=1S/C16H23N3O/c1-11-4-2-6-13(8-11)18-16(20)19-9-12-5-3-7-15(17)14(12)10-19/h2,4,6,8,12,14-15H,3,5,7,9-10,17H2,1H3,(H,18,20). The number of urea groups is 1. The van der Waals surface area contributed by atoms with E-state index in [2.05, 4.69) is 5.32 Å². The van der Waals surface area contributed by atoms with Crippen molar-refractivity contribution in [3.8, 4) is 0 Å². The summed E-state index contributed by atoms with van der Waals surface area (Å²) in [7, 11) is 0. The fourth-order valence-electron chi connectivity index (χ4n) is 3.61. The molecule has 2 amide bonds. The van der Waals surface area contributed by atoms with E-state index in [0.29, 0.717) is 11.8 Å². The monoisotopic (exact) mass is 273 g/mol. The largest absolute Gasteiger partial charge is 0.327 e. The zero-order chi connectivity index (χ0) is 14.1. The molecule has 3 N–H and O–H groups in total. The summed E-state index contributed by atoms with van der Waals surface area (Å²) >= 11 is 0. The molecule has 4 heteroatoms. The maximum Gasteiger partial charge on any atom is 0.321 e. The van der Waals surface area contributed by atoms with Gasteiger partial charge in [0.1, 0.15) is 0 Å². The number of carbonyl (C=O) groups excluding carboxylic acids is 1. The SMILES string of the molecule is Cc1cccc(NC(=O)N2CC3CCCC(N)C3C2)c1. The van der Waals surface area contributed by atoms with Gasteiger partial charge in [-0.05, 0) is 49.3 Å². The maximum atomic E-state index is 12.4. The Morgan fingerprint density at radius 3 is 2.95 bits per heavy atom. The number of amides is 2. The molecule has 2 fully saturated rings. The second kappa shape index (κ2) is 5.44. The van der Waals surface area contributed by atoms with Gasteiger partial charge in [0.2, 0.25) is 0 Å². The molecule has 108 valence electrons. The number of nitrogens with two attached hydrogens (primary N) is 1. The van der Waals surface area contributed by atoms with Gasteiger partial charge in [-0.25, -0.2) is 4.79 Å². The summed E-state index contributed by atoms with van der Waals surface area (Å²) in [5, 5.41) is 3.00. The lowest BCUT2D eigenvalue weighted by Crippen LogP contribution is -2.39. The minimum atomic E-state index is 0.0113. The summed E-state index contributed by atoms with van der Waals surface area (Å²) in [5.41, 5.74) is 8.22. The fourth-order valence-corrected chi connectivity index (χ4v) is 3.61. The van der Waals surface area contributed by atoms with Gasteiger partial charge in [0, 0.05) is 24.8 Å². The van der Waals surface area contributed by atoms with Crippen LogP contribution in [0.5, 0.6) is 0 Å². The van der Waals surface area contributed by atoms with E-state index >= 15 is 0 Å². The Morgan fingerprint density at radius 1 is 1.35 bits per heavy atom. The third-order valence-corrected chi connectivity index (χ3v) is 4.71. The molecule has 3 atom stereocenters. The van der Waals surface area contributed by atoms with E-state index in [1.807, 2.05) is 36.1 Å². The number of hydrogen-bond acceptors (Lipinski definition) is 2. The van der Waals surface area contributed by atoms with E-state index in [1.165, 1.54) is 12.8 Å². The summed E-state index contributed by atoms with van der Waals surface area (Å²) in [6, 6.07) is 8.19. The highest BCUT2D eigenvalue weighted by Crippen LogP contribution is 2.35. The van der Waals surface area contributed by atoms with Gasteiger partial charge in [-0.3, -0.25) is 0 Å². The van der Waals surface area contributed by atoms with Crippen LogP contribution >= 0.6 is 0 Å². The molecule has 20 heavy (non-hydrogen) atoms. The maximum absolute atomic E-state index is 12.4. The smallest absolute Gasteiger partial charge is 0.321 e. The summed E-state index contributed by atoms with van der Waals surface area (Å²) in [5.74, 6) is 1.09. The number of aryl methyl sites for hydroxylation is 1. The Morgan fingerprint density at radius 2 is 2.20 bits per heavy atom. The number of likely N-dealkylation sites (tertiary alicyclic amines) is 1. The average molecular weight is 273 g/mol. The van der Waals surface area contributed by atoms with Crippen LogP contribution in [0.25, 0.3) is 0 Å². The quantitative estimate of drug-likeness (QED) is 0.826. The highest BCUT2D eigenvalue weighted by molar-refractivity contribution is 5.89. The van der Waals surface area contributed by atoms with Gasteiger partial charge in [0.05, 0.1) is 0 Å². The van der Waals surface area contributed by atoms with Crippen LogP contribution in [0, 0.1) is 18.8 Å². The molecule has 0 bridgehead atoms. The molecule has 1 saturated heterocycles. The number of nitrogens with one attached hydrogen (secondary N) is 1. The molecule has 3 unspecified atom stereocenters. The van der Waals surface area contributed by atoms with Crippen molar-refractivity contribution in [3.05, 3.63) is 29.8 Å². The second-order valence-corrected chi connectivity index (χ2v) is 6.22. The molecule has 1 aliphatic carbocycles. The number of carbonyl (C=O) groups is 1. The number of anilines is 1. The molecule has 0 spiro atoms. The summed E-state index contributed by atoms with van der Waals surface area (Å²) < 4.78 is 0. The van der Waals surface area contributed by atoms with Crippen LogP contribution in [0.2, 0.25) is 0 Å². The lowest BCUT2D eigenvalue weighted by atomic mass is 9.78. The van der Waals surface area contributed by atoms with Crippen molar-refractivity contribution in [1.82, 2.24) is 4.90 Å². The minimum Gasteiger partial charge on any atom is -0.327 e. The molecular formula is C16H23N3O. The Kier molecular flexibility index (Phi) is 3.66. The summed E-state index contributed by atoms with van der Waals surface area (Å²) in [6.45, 7) is 3.69. The lowest BCUT2D eigenvalue weighted by Gasteiger charge is -2.29. The minimum absolute atomic E-state index is 0.0113. The molecule has 2 aliphatic rings. The number of benzene rings is 1. The molecule has 1 aromatic carbocycles. The van der Waals surface area contributed by atoms with Gasteiger partial charge in [-0.15, -0.1) is 0 Å². The average Bonchev–Trinajstić information content (AvgIpc) is 2.84. The van der Waals surface area contributed by atoms with Gasteiger partial charge >= 0.3 is 6.03 Å². The first-order chi connectivity index (χ1) is 9.63. The first-order valence-corrected chi connectivity index (χ1v) is 7.51. The van der Waals surface area contributed by atoms with Crippen LogP contribution in [-0.2, 0) is 0 Å². The van der Waals surface area contributed by atoms with Crippen molar-refractivity contribution >= 4 is 11.7 Å². The Labute approximate surface area is 120 Å². The molecule has 4 nitrogen and oxygen atoms in total. The highest BCUT2D eigenvalue weighted by Gasteiger charge is 2.40. The molecular weight excluding hydrogens is 250 g/mol. The summed E-state index contributed by atoms with van der Waals surface area (Å²) in [6.07, 6.45) is 3.52. The number of fused-ring (bicyclic) bond motifs is 1. The van der Waals surface area contributed by atoms with Crippen LogP contribution in [0.4, 0.5) is 10.5 Å². The van der Waals surface area contributed by atoms with Crippen LogP contribution < -0.4 is 11.1 Å². The predicted molar refractivity (Wildman–Crippen MR) is 80.6 cm³/mol. The van der Waals surface area contributed by atoms with Crippen molar-refractivity contribution in [2.24, 2.45) is 17.6 Å². The first kappa shape index (κ1) is 13.4. The van der Waals surface area contributed by atoms with Crippen LogP contribution in [0.1, 0.15) is 24.8 Å². The van der Waals surface area contributed by atoms with Crippen molar-refractivity contribution in [2.45, 2.75) is 32.2 Å². The zero-order valence-corrected chi connectivity index (χ0v) is 12.0. The molecule has 0 aromatic heterocycles. The van der Waals surface area contributed by atoms with Gasteiger partial charge in [0.25, 0.3) is 0 Å². The lowest BCUT2D eigenvalue weighted by molar-refractivity contribution is 0.219. The van der Waals surface area contributed by atoms with Crippen molar-refractivity contribution in [2.75, 3.05) is 18.4 Å². The molecule has 1 saturated carbocycles. The van der Waals surface area contributed by atoms with E-state index in [1.54, 1.807) is 0 Å². The third-order valence-electron chi connectivity index (χ3n) is 4.71. The Hall–Kier alpha value is -1.55. The van der Waals surface area contributed by atoms with Crippen LogP contribution in [0.3, 0.4) is 0 Å². The van der Waals surface area contributed by atoms with E-state index in [0.717, 1.165) is 30.8 Å². The van der Waals surface area contributed by atoms with Gasteiger partial charge in [0.15, 0.2) is 0 Å². The molecule has 1 aliphatic heterocycles. The van der Waals surface area contributed by atoms with Crippen molar-refractivity contribution in [1.29, 1.82) is 0 Å². The van der Waals surface area contributed by atoms with E-state index in [-0.39, 0.29) is 12.1 Å². The third kappa shape index (κ3) is 2.66. The van der Waals surface area contributed by atoms with Gasteiger partial charge < -0.3 is 16.0 Å². The van der Waals surface area contributed by atoms with Crippen LogP contribution in [0.15, 0.2) is 24.3 Å². The molecule has 0 radical (unpaired) electrons. The number of rotatable bonds is 1.